The number of hydrogen-bond acceptors (Lipinski definition) is 6. The third-order valence-corrected chi connectivity index (χ3v) is 8.30. The SMILES string of the molecule is CCCOc1ccc(C(=O)N2CCC3(CCCCOCCCNC(=O)[C@H](C)NC3=O)CC2)cc1N1CCCC1. The van der Waals surface area contributed by atoms with Crippen LogP contribution in [0.25, 0.3) is 0 Å². The predicted octanol–water partition coefficient (Wildman–Crippen LogP) is 3.51. The van der Waals surface area contributed by atoms with E-state index in [9.17, 15) is 14.4 Å². The second-order valence-corrected chi connectivity index (χ2v) is 11.2. The quantitative estimate of drug-likeness (QED) is 0.591. The van der Waals surface area contributed by atoms with Crippen LogP contribution >= 0.6 is 0 Å². The Morgan fingerprint density at radius 1 is 1.03 bits per heavy atom. The second kappa shape index (κ2) is 14.0. The summed E-state index contributed by atoms with van der Waals surface area (Å²) in [6, 6.07) is 5.18. The molecule has 1 aromatic carbocycles. The van der Waals surface area contributed by atoms with E-state index in [0.29, 0.717) is 57.9 Å². The summed E-state index contributed by atoms with van der Waals surface area (Å²) in [5, 5.41) is 5.86. The number of benzene rings is 1. The minimum atomic E-state index is -0.602. The molecule has 3 amide bonds. The van der Waals surface area contributed by atoms with E-state index < -0.39 is 11.5 Å². The maximum atomic E-state index is 13.6. The van der Waals surface area contributed by atoms with Gasteiger partial charge in [0.05, 0.1) is 17.7 Å². The first-order valence-corrected chi connectivity index (χ1v) is 14.9. The number of carbonyl (C=O) groups excluding carboxylic acids is 3. The zero-order valence-corrected chi connectivity index (χ0v) is 23.8. The first kappa shape index (κ1) is 29.2. The molecule has 9 nitrogen and oxygen atoms in total. The number of rotatable bonds is 5. The molecular weight excluding hydrogens is 496 g/mol. The third kappa shape index (κ3) is 7.44. The fourth-order valence-corrected chi connectivity index (χ4v) is 5.82. The molecule has 0 aromatic heterocycles. The third-order valence-electron chi connectivity index (χ3n) is 8.30. The molecule has 3 aliphatic rings. The van der Waals surface area contributed by atoms with E-state index in [0.717, 1.165) is 69.5 Å². The zero-order chi connectivity index (χ0) is 27.7. The van der Waals surface area contributed by atoms with Gasteiger partial charge in [-0.15, -0.1) is 0 Å². The molecular formula is C30H46N4O5. The van der Waals surface area contributed by atoms with E-state index in [1.54, 1.807) is 6.92 Å². The molecule has 4 rings (SSSR count). The van der Waals surface area contributed by atoms with Crippen LogP contribution < -0.4 is 20.3 Å². The number of piperidine rings is 1. The minimum Gasteiger partial charge on any atom is -0.491 e. The summed E-state index contributed by atoms with van der Waals surface area (Å²) in [5.41, 5.74) is 1.07. The number of nitrogens with zero attached hydrogens (tertiary/aromatic N) is 2. The Kier molecular flexibility index (Phi) is 10.5. The highest BCUT2D eigenvalue weighted by molar-refractivity contribution is 5.96. The predicted molar refractivity (Wildman–Crippen MR) is 151 cm³/mol. The number of ether oxygens (including phenoxy) is 2. The van der Waals surface area contributed by atoms with Crippen molar-refractivity contribution in [2.45, 2.75) is 77.7 Å². The first-order valence-electron chi connectivity index (χ1n) is 14.9. The van der Waals surface area contributed by atoms with Gasteiger partial charge in [-0.1, -0.05) is 13.3 Å². The lowest BCUT2D eigenvalue weighted by atomic mass is 9.73. The molecule has 3 saturated heterocycles. The summed E-state index contributed by atoms with van der Waals surface area (Å²) in [7, 11) is 0. The molecule has 0 bridgehead atoms. The Morgan fingerprint density at radius 2 is 1.77 bits per heavy atom. The molecule has 9 heteroatoms. The van der Waals surface area contributed by atoms with Crippen molar-refractivity contribution in [2.75, 3.05) is 57.4 Å². The van der Waals surface area contributed by atoms with E-state index in [-0.39, 0.29) is 17.7 Å². The van der Waals surface area contributed by atoms with Crippen molar-refractivity contribution in [3.63, 3.8) is 0 Å². The van der Waals surface area contributed by atoms with Crippen molar-refractivity contribution in [1.29, 1.82) is 0 Å². The summed E-state index contributed by atoms with van der Waals surface area (Å²) in [4.78, 5) is 43.8. The average molecular weight is 543 g/mol. The van der Waals surface area contributed by atoms with E-state index in [2.05, 4.69) is 22.5 Å². The van der Waals surface area contributed by atoms with Gasteiger partial charge in [0.15, 0.2) is 0 Å². The van der Waals surface area contributed by atoms with Crippen LogP contribution in [0.5, 0.6) is 5.75 Å². The molecule has 1 atom stereocenters. The molecule has 216 valence electrons. The highest BCUT2D eigenvalue weighted by atomic mass is 16.5. The van der Waals surface area contributed by atoms with Crippen LogP contribution in [0, 0.1) is 5.41 Å². The molecule has 0 unspecified atom stereocenters. The molecule has 0 aliphatic carbocycles. The second-order valence-electron chi connectivity index (χ2n) is 11.2. The van der Waals surface area contributed by atoms with Gasteiger partial charge in [0.1, 0.15) is 11.8 Å². The van der Waals surface area contributed by atoms with Crippen LogP contribution in [-0.2, 0) is 14.3 Å². The molecule has 39 heavy (non-hydrogen) atoms. The summed E-state index contributed by atoms with van der Waals surface area (Å²) >= 11 is 0. The van der Waals surface area contributed by atoms with Crippen LogP contribution in [0.4, 0.5) is 5.69 Å². The molecule has 1 aromatic rings. The van der Waals surface area contributed by atoms with Crippen molar-refractivity contribution < 1.29 is 23.9 Å². The van der Waals surface area contributed by atoms with Crippen LogP contribution in [0.3, 0.4) is 0 Å². The van der Waals surface area contributed by atoms with Gasteiger partial charge in [-0.3, -0.25) is 14.4 Å². The Hall–Kier alpha value is -2.81. The number of amides is 3. The normalized spacial score (nSPS) is 23.2. The standard InChI is InChI=1S/C30H46N4O5/c1-3-19-39-26-10-9-24(22-25(26)33-15-5-6-16-33)28(36)34-17-12-30(13-18-34)11-4-7-20-38-21-8-14-31-27(35)23(2)32-29(30)37/h9-10,22-23H,3-8,11-21H2,1-2H3,(H,31,35)(H,32,37)/t23-/m0/s1. The van der Waals surface area contributed by atoms with Crippen LogP contribution in [0.2, 0.25) is 0 Å². The summed E-state index contributed by atoms with van der Waals surface area (Å²) < 4.78 is 11.7. The number of likely N-dealkylation sites (tertiary alicyclic amines) is 1. The number of anilines is 1. The van der Waals surface area contributed by atoms with Gasteiger partial charge in [-0.2, -0.15) is 0 Å². The maximum Gasteiger partial charge on any atom is 0.253 e. The molecule has 3 fully saturated rings. The number of nitrogens with one attached hydrogen (secondary N) is 2. The molecule has 2 N–H and O–H groups in total. The van der Waals surface area contributed by atoms with Gasteiger partial charge in [-0.05, 0) is 76.5 Å². The summed E-state index contributed by atoms with van der Waals surface area (Å²) in [6.45, 7) is 9.25. The largest absolute Gasteiger partial charge is 0.491 e. The highest BCUT2D eigenvalue weighted by Crippen LogP contribution is 2.38. The number of hydrogen-bond donors (Lipinski definition) is 2. The molecule has 3 aliphatic heterocycles. The minimum absolute atomic E-state index is 0.00483. The summed E-state index contributed by atoms with van der Waals surface area (Å²) in [6.07, 6.45) is 7.63. The highest BCUT2D eigenvalue weighted by Gasteiger charge is 2.42. The van der Waals surface area contributed by atoms with E-state index >= 15 is 0 Å². The zero-order valence-electron chi connectivity index (χ0n) is 23.8. The smallest absolute Gasteiger partial charge is 0.253 e. The van der Waals surface area contributed by atoms with E-state index in [4.69, 9.17) is 9.47 Å². The monoisotopic (exact) mass is 542 g/mol. The van der Waals surface area contributed by atoms with E-state index in [1.807, 2.05) is 23.1 Å². The Morgan fingerprint density at radius 3 is 2.51 bits per heavy atom. The van der Waals surface area contributed by atoms with Crippen molar-refractivity contribution in [1.82, 2.24) is 15.5 Å². The van der Waals surface area contributed by atoms with Crippen molar-refractivity contribution in [2.24, 2.45) is 5.41 Å². The average Bonchev–Trinajstić information content (AvgIpc) is 3.49. The fourth-order valence-electron chi connectivity index (χ4n) is 5.82. The van der Waals surface area contributed by atoms with Crippen molar-refractivity contribution in [3.8, 4) is 5.75 Å². The molecule has 0 radical (unpaired) electrons. The van der Waals surface area contributed by atoms with Gasteiger partial charge < -0.3 is 29.9 Å². The molecule has 1 spiro atoms. The van der Waals surface area contributed by atoms with E-state index in [1.165, 1.54) is 0 Å². The Bertz CT molecular complexity index is 986. The van der Waals surface area contributed by atoms with Crippen LogP contribution in [0.15, 0.2) is 18.2 Å². The van der Waals surface area contributed by atoms with Crippen molar-refractivity contribution >= 4 is 23.4 Å². The van der Waals surface area contributed by atoms with Crippen molar-refractivity contribution in [3.05, 3.63) is 23.8 Å². The van der Waals surface area contributed by atoms with Gasteiger partial charge in [0.25, 0.3) is 5.91 Å². The Balaban J connectivity index is 1.45. The lowest BCUT2D eigenvalue weighted by Gasteiger charge is -2.41. The lowest BCUT2D eigenvalue weighted by Crippen LogP contribution is -2.54. The van der Waals surface area contributed by atoms with Gasteiger partial charge in [0, 0.05) is 51.5 Å². The van der Waals surface area contributed by atoms with Crippen LogP contribution in [-0.4, -0.2) is 81.2 Å². The Labute approximate surface area is 233 Å². The van der Waals surface area contributed by atoms with Gasteiger partial charge >= 0.3 is 0 Å². The lowest BCUT2D eigenvalue weighted by molar-refractivity contribution is -0.137. The molecule has 0 saturated carbocycles. The maximum absolute atomic E-state index is 13.6. The number of carbonyl (C=O) groups is 3. The van der Waals surface area contributed by atoms with Crippen LogP contribution in [0.1, 0.15) is 82.0 Å². The molecule has 3 heterocycles. The van der Waals surface area contributed by atoms with Gasteiger partial charge in [0.2, 0.25) is 11.8 Å². The fraction of sp³-hybridized carbons (Fsp3) is 0.700. The topological polar surface area (TPSA) is 100 Å². The first-order chi connectivity index (χ1) is 18.9. The summed E-state index contributed by atoms with van der Waals surface area (Å²) in [5.74, 6) is 0.577. The van der Waals surface area contributed by atoms with Gasteiger partial charge in [-0.25, -0.2) is 0 Å².